The third-order valence-corrected chi connectivity index (χ3v) is 5.49. The summed E-state index contributed by atoms with van der Waals surface area (Å²) in [6.45, 7) is 0. The monoisotopic (exact) mass is 344 g/mol. The van der Waals surface area contributed by atoms with Crippen LogP contribution >= 0.6 is 7.92 Å². The Balaban J connectivity index is 0.00000147. The first-order chi connectivity index (χ1) is 9.45. The Morgan fingerprint density at radius 3 is 0.900 bits per heavy atom. The van der Waals surface area contributed by atoms with Gasteiger partial charge in [-0.3, -0.25) is 0 Å². The fraction of sp³-hybridized carbons (Fsp3) is 0. The van der Waals surface area contributed by atoms with Gasteiger partial charge in [0.05, 0.1) is 0 Å². The van der Waals surface area contributed by atoms with Crippen molar-refractivity contribution in [2.75, 3.05) is 0 Å². The number of hydrogen-bond donors (Lipinski definition) is 0. The molecule has 0 spiro atoms. The average Bonchev–Trinajstić information content (AvgIpc) is 2.51. The molecule has 0 radical (unpaired) electrons. The summed E-state index contributed by atoms with van der Waals surface area (Å²) in [7, 11) is -0.446. The van der Waals surface area contributed by atoms with Crippen LogP contribution in [0.1, 0.15) is 0 Å². The molecule has 0 aromatic heterocycles. The normalized spacial score (nSPS) is 10.1. The predicted molar refractivity (Wildman–Crippen MR) is 93.7 cm³/mol. The van der Waals surface area contributed by atoms with Gasteiger partial charge in [-0.15, -0.1) is 0 Å². The molecule has 0 saturated heterocycles. The van der Waals surface area contributed by atoms with E-state index >= 15 is 0 Å². The molecule has 0 nitrogen and oxygen atoms in total. The first-order valence-electron chi connectivity index (χ1n) is 6.40. The van der Waals surface area contributed by atoms with E-state index in [4.69, 9.17) is 0 Å². The molecule has 0 fully saturated rings. The van der Waals surface area contributed by atoms with Crippen molar-refractivity contribution >= 4 is 40.9 Å². The molecule has 100 valence electrons. The number of benzene rings is 3. The van der Waals surface area contributed by atoms with Crippen molar-refractivity contribution in [3.8, 4) is 0 Å². The Kier molecular flexibility index (Phi) is 5.56. The average molecular weight is 343 g/mol. The van der Waals surface area contributed by atoms with Gasteiger partial charge in [0.15, 0.2) is 0 Å². The first kappa shape index (κ1) is 15.0. The van der Waals surface area contributed by atoms with Gasteiger partial charge in [0.2, 0.25) is 0 Å². The quantitative estimate of drug-likeness (QED) is 0.506. The molecular formula is C18H17PSe. The van der Waals surface area contributed by atoms with Gasteiger partial charge in [0.25, 0.3) is 0 Å². The minimum atomic E-state index is -0.446. The third kappa shape index (κ3) is 3.38. The molecule has 0 atom stereocenters. The van der Waals surface area contributed by atoms with Crippen LogP contribution in [0.25, 0.3) is 0 Å². The van der Waals surface area contributed by atoms with E-state index in [0.717, 1.165) is 0 Å². The molecule has 2 heteroatoms. The van der Waals surface area contributed by atoms with E-state index in [-0.39, 0.29) is 17.1 Å². The maximum atomic E-state index is 2.23. The van der Waals surface area contributed by atoms with Gasteiger partial charge in [0, 0.05) is 0 Å². The van der Waals surface area contributed by atoms with Gasteiger partial charge in [-0.25, -0.2) is 0 Å². The van der Waals surface area contributed by atoms with E-state index in [9.17, 15) is 0 Å². The second kappa shape index (κ2) is 7.41. The minimum absolute atomic E-state index is 0. The predicted octanol–water partition coefficient (Wildman–Crippen LogP) is 2.53. The molecule has 0 amide bonds. The van der Waals surface area contributed by atoms with E-state index < -0.39 is 7.92 Å². The van der Waals surface area contributed by atoms with Gasteiger partial charge >= 0.3 is 17.1 Å². The summed E-state index contributed by atoms with van der Waals surface area (Å²) < 4.78 is 0. The molecule has 0 aliphatic carbocycles. The number of hydrogen-bond acceptors (Lipinski definition) is 0. The smallest absolute Gasteiger partial charge is 0.0134 e. The summed E-state index contributed by atoms with van der Waals surface area (Å²) in [5.41, 5.74) is 0. The molecular weight excluding hydrogens is 326 g/mol. The summed E-state index contributed by atoms with van der Waals surface area (Å²) in [5.74, 6) is 0. The van der Waals surface area contributed by atoms with Crippen molar-refractivity contribution in [3.05, 3.63) is 91.0 Å². The zero-order chi connectivity index (χ0) is 12.9. The van der Waals surface area contributed by atoms with Gasteiger partial charge in [-0.1, -0.05) is 91.0 Å². The van der Waals surface area contributed by atoms with Crippen molar-refractivity contribution < 1.29 is 0 Å². The van der Waals surface area contributed by atoms with Crippen LogP contribution in [0.5, 0.6) is 0 Å². The molecule has 3 rings (SSSR count). The number of rotatable bonds is 3. The third-order valence-electron chi connectivity index (χ3n) is 3.04. The van der Waals surface area contributed by atoms with Crippen molar-refractivity contribution in [3.63, 3.8) is 0 Å². The van der Waals surface area contributed by atoms with Gasteiger partial charge in [0.1, 0.15) is 0 Å². The van der Waals surface area contributed by atoms with E-state index in [1.54, 1.807) is 0 Å². The maximum Gasteiger partial charge on any atom is -0.0134 e. The fourth-order valence-electron chi connectivity index (χ4n) is 2.18. The molecule has 3 aromatic rings. The zero-order valence-corrected chi connectivity index (χ0v) is 14.1. The van der Waals surface area contributed by atoms with Crippen molar-refractivity contribution in [2.24, 2.45) is 0 Å². The molecule has 0 heterocycles. The molecule has 0 bridgehead atoms. The van der Waals surface area contributed by atoms with Crippen LogP contribution in [0.2, 0.25) is 0 Å². The Morgan fingerprint density at radius 2 is 0.650 bits per heavy atom. The molecule has 0 aliphatic rings. The maximum absolute atomic E-state index is 2.23. The van der Waals surface area contributed by atoms with Gasteiger partial charge in [-0.05, 0) is 23.8 Å². The molecule has 3 aromatic carbocycles. The largest absolute Gasteiger partial charge is 0.0622 e. The van der Waals surface area contributed by atoms with Crippen molar-refractivity contribution in [1.29, 1.82) is 0 Å². The van der Waals surface area contributed by atoms with Crippen LogP contribution in [0, 0.1) is 0 Å². The van der Waals surface area contributed by atoms with Crippen LogP contribution in [0.3, 0.4) is 0 Å². The Hall–Kier alpha value is -1.39. The zero-order valence-electron chi connectivity index (χ0n) is 11.1. The molecule has 0 aliphatic heterocycles. The van der Waals surface area contributed by atoms with Crippen LogP contribution < -0.4 is 15.9 Å². The second-order valence-corrected chi connectivity index (χ2v) is 6.56. The van der Waals surface area contributed by atoms with E-state index in [2.05, 4.69) is 91.0 Å². The summed E-state index contributed by atoms with van der Waals surface area (Å²) in [6.07, 6.45) is 0. The summed E-state index contributed by atoms with van der Waals surface area (Å²) in [4.78, 5) is 0. The standard InChI is InChI=1S/C18H15P.H2Se/c1-4-10-16(11-5-1)19(17-12-6-2-7-13-17)18-14-8-3-9-15-18;/h1-15H;1H2. The van der Waals surface area contributed by atoms with E-state index in [1.807, 2.05) is 0 Å². The topological polar surface area (TPSA) is 0 Å². The van der Waals surface area contributed by atoms with Crippen molar-refractivity contribution in [1.82, 2.24) is 0 Å². The fourth-order valence-corrected chi connectivity index (χ4v) is 4.48. The minimum Gasteiger partial charge on any atom is -0.0622 e. The van der Waals surface area contributed by atoms with E-state index in [1.165, 1.54) is 15.9 Å². The summed E-state index contributed by atoms with van der Waals surface area (Å²) >= 11 is 0. The SMILES string of the molecule is [SeH2].c1ccc(P(c2ccccc2)c2ccccc2)cc1. The molecule has 0 N–H and O–H groups in total. The summed E-state index contributed by atoms with van der Waals surface area (Å²) in [6, 6.07) is 32.3. The van der Waals surface area contributed by atoms with Gasteiger partial charge in [-0.2, -0.15) is 0 Å². The van der Waals surface area contributed by atoms with Crippen LogP contribution in [-0.2, 0) is 0 Å². The molecule has 20 heavy (non-hydrogen) atoms. The molecule has 0 saturated carbocycles. The van der Waals surface area contributed by atoms with Crippen LogP contribution in [0.4, 0.5) is 0 Å². The Labute approximate surface area is 132 Å². The van der Waals surface area contributed by atoms with Crippen LogP contribution in [0.15, 0.2) is 91.0 Å². The van der Waals surface area contributed by atoms with E-state index in [0.29, 0.717) is 0 Å². The Morgan fingerprint density at radius 1 is 0.400 bits per heavy atom. The second-order valence-electron chi connectivity index (χ2n) is 4.34. The molecule has 0 unspecified atom stereocenters. The van der Waals surface area contributed by atoms with Crippen molar-refractivity contribution in [2.45, 2.75) is 0 Å². The first-order valence-corrected chi connectivity index (χ1v) is 7.74. The Bertz CT molecular complexity index is 529. The van der Waals surface area contributed by atoms with Gasteiger partial charge < -0.3 is 0 Å². The van der Waals surface area contributed by atoms with Crippen LogP contribution in [-0.4, -0.2) is 17.1 Å². The summed E-state index contributed by atoms with van der Waals surface area (Å²) in [5, 5.41) is 4.19.